The molecule has 0 fully saturated rings. The predicted octanol–water partition coefficient (Wildman–Crippen LogP) is 4.97. The summed E-state index contributed by atoms with van der Waals surface area (Å²) in [6.07, 6.45) is 3.06. The number of nitrogens with zero attached hydrogens (tertiary/aromatic N) is 2. The third-order valence-corrected chi connectivity index (χ3v) is 7.72. The summed E-state index contributed by atoms with van der Waals surface area (Å²) in [5.74, 6) is -0.781. The zero-order valence-corrected chi connectivity index (χ0v) is 24.2. The zero-order chi connectivity index (χ0) is 28.4. The summed E-state index contributed by atoms with van der Waals surface area (Å²) in [6, 6.07) is 22.6. The number of anilines is 1. The van der Waals surface area contributed by atoms with Crippen molar-refractivity contribution in [1.82, 2.24) is 10.2 Å². The van der Waals surface area contributed by atoms with Crippen molar-refractivity contribution in [2.24, 2.45) is 0 Å². The van der Waals surface area contributed by atoms with Gasteiger partial charge in [-0.3, -0.25) is 13.9 Å². The van der Waals surface area contributed by atoms with E-state index in [0.29, 0.717) is 17.3 Å². The van der Waals surface area contributed by atoms with Crippen molar-refractivity contribution in [1.29, 1.82) is 0 Å². The Morgan fingerprint density at radius 3 is 2.23 bits per heavy atom. The minimum absolute atomic E-state index is 0.0869. The summed E-state index contributed by atoms with van der Waals surface area (Å²) < 4.78 is 26.7. The molecule has 0 radical (unpaired) electrons. The molecule has 0 aliphatic heterocycles. The lowest BCUT2D eigenvalue weighted by Gasteiger charge is -2.33. The molecule has 9 heteroatoms. The van der Waals surface area contributed by atoms with Crippen LogP contribution in [0.15, 0.2) is 78.9 Å². The van der Waals surface area contributed by atoms with Crippen LogP contribution in [0.2, 0.25) is 5.02 Å². The number of hydrogen-bond acceptors (Lipinski definition) is 4. The molecule has 0 saturated carbocycles. The summed E-state index contributed by atoms with van der Waals surface area (Å²) in [6.45, 7) is 4.06. The topological polar surface area (TPSA) is 86.8 Å². The van der Waals surface area contributed by atoms with Crippen LogP contribution < -0.4 is 9.62 Å². The van der Waals surface area contributed by atoms with Crippen LogP contribution in [0, 0.1) is 6.92 Å². The Labute approximate surface area is 236 Å². The van der Waals surface area contributed by atoms with Crippen molar-refractivity contribution >= 4 is 39.1 Å². The Morgan fingerprint density at radius 2 is 1.62 bits per heavy atom. The number of amides is 2. The van der Waals surface area contributed by atoms with E-state index >= 15 is 0 Å². The summed E-state index contributed by atoms with van der Waals surface area (Å²) >= 11 is 6.23. The lowest BCUT2D eigenvalue weighted by atomic mass is 10.0. The van der Waals surface area contributed by atoms with Crippen molar-refractivity contribution in [2.45, 2.75) is 45.7 Å². The van der Waals surface area contributed by atoms with E-state index < -0.39 is 28.5 Å². The summed E-state index contributed by atoms with van der Waals surface area (Å²) in [4.78, 5) is 29.0. The molecule has 0 aliphatic rings. The van der Waals surface area contributed by atoms with Crippen molar-refractivity contribution in [3.05, 3.63) is 101 Å². The van der Waals surface area contributed by atoms with Crippen molar-refractivity contribution < 1.29 is 18.0 Å². The van der Waals surface area contributed by atoms with Crippen LogP contribution in [0.1, 0.15) is 36.5 Å². The molecule has 0 heterocycles. The van der Waals surface area contributed by atoms with Crippen LogP contribution >= 0.6 is 11.6 Å². The molecule has 7 nitrogen and oxygen atoms in total. The molecule has 39 heavy (non-hydrogen) atoms. The quantitative estimate of drug-likeness (QED) is 0.294. The monoisotopic (exact) mass is 569 g/mol. The first-order valence-electron chi connectivity index (χ1n) is 13.0. The number of carbonyl (C=O) groups excluding carboxylic acids is 2. The second-order valence-corrected chi connectivity index (χ2v) is 12.0. The highest BCUT2D eigenvalue weighted by Gasteiger charge is 2.33. The molecule has 1 atom stereocenters. The van der Waals surface area contributed by atoms with E-state index in [-0.39, 0.29) is 18.9 Å². The highest BCUT2D eigenvalue weighted by atomic mass is 35.5. The van der Waals surface area contributed by atoms with Gasteiger partial charge in [0.2, 0.25) is 21.8 Å². The number of carbonyl (C=O) groups is 2. The molecule has 1 N–H and O–H groups in total. The number of nitrogens with one attached hydrogen (secondary N) is 1. The Kier molecular flexibility index (Phi) is 10.9. The molecule has 3 aromatic rings. The van der Waals surface area contributed by atoms with Gasteiger partial charge in [-0.05, 0) is 48.7 Å². The first-order chi connectivity index (χ1) is 18.6. The van der Waals surface area contributed by atoms with Gasteiger partial charge in [-0.15, -0.1) is 0 Å². The van der Waals surface area contributed by atoms with Gasteiger partial charge in [0, 0.05) is 24.5 Å². The molecule has 2 amide bonds. The maximum Gasteiger partial charge on any atom is 0.244 e. The molecule has 208 valence electrons. The average Bonchev–Trinajstić information content (AvgIpc) is 2.90. The minimum atomic E-state index is -3.80. The number of sulfonamides is 1. The fourth-order valence-corrected chi connectivity index (χ4v) is 5.28. The first kappa shape index (κ1) is 30.2. The molecule has 3 rings (SSSR count). The smallest absolute Gasteiger partial charge is 0.244 e. The largest absolute Gasteiger partial charge is 0.354 e. The third-order valence-electron chi connectivity index (χ3n) is 6.34. The molecule has 0 aliphatic carbocycles. The number of rotatable bonds is 13. The molecule has 0 unspecified atom stereocenters. The lowest BCUT2D eigenvalue weighted by molar-refractivity contribution is -0.140. The van der Waals surface area contributed by atoms with Crippen LogP contribution in [0.4, 0.5) is 5.69 Å². The first-order valence-corrected chi connectivity index (χ1v) is 15.2. The second-order valence-electron chi connectivity index (χ2n) is 9.61. The normalized spacial score (nSPS) is 12.0. The van der Waals surface area contributed by atoms with Crippen molar-refractivity contribution in [3.63, 3.8) is 0 Å². The molecular weight excluding hydrogens is 534 g/mol. The molecular formula is C30H36ClN3O4S. The van der Waals surface area contributed by atoms with Gasteiger partial charge in [-0.1, -0.05) is 85.1 Å². The van der Waals surface area contributed by atoms with E-state index in [2.05, 4.69) is 5.32 Å². The fourth-order valence-electron chi connectivity index (χ4n) is 4.22. The number of unbranched alkanes of at least 4 members (excludes halogenated alkanes) is 1. The van der Waals surface area contributed by atoms with E-state index in [9.17, 15) is 18.0 Å². The number of benzene rings is 3. The van der Waals surface area contributed by atoms with Gasteiger partial charge in [0.1, 0.15) is 12.6 Å². The summed E-state index contributed by atoms with van der Waals surface area (Å²) in [7, 11) is -3.80. The Bertz CT molecular complexity index is 1350. The Hall–Kier alpha value is -3.36. The average molecular weight is 570 g/mol. The zero-order valence-electron chi connectivity index (χ0n) is 22.6. The standard InChI is InChI=1S/C30H36ClN3O4S/c1-4-5-18-32-30(36)28(20-24-10-7-6-8-11-24)33(21-25-12-9-13-26(31)19-25)29(35)22-34(39(3,37)38)27-16-14-23(2)15-17-27/h6-17,19,28H,4-5,18,20-22H2,1-3H3,(H,32,36)/t28-/m0/s1. The van der Waals surface area contributed by atoms with E-state index in [4.69, 9.17) is 11.6 Å². The Morgan fingerprint density at radius 1 is 0.949 bits per heavy atom. The van der Waals surface area contributed by atoms with Gasteiger partial charge >= 0.3 is 0 Å². The van der Waals surface area contributed by atoms with Gasteiger partial charge in [0.15, 0.2) is 0 Å². The number of aryl methyl sites for hydroxylation is 1. The molecule has 3 aromatic carbocycles. The van der Waals surface area contributed by atoms with Gasteiger partial charge in [0.25, 0.3) is 0 Å². The Balaban J connectivity index is 2.02. The van der Waals surface area contributed by atoms with Crippen LogP contribution in [-0.4, -0.2) is 50.5 Å². The number of halogens is 1. The maximum absolute atomic E-state index is 14.0. The van der Waals surface area contributed by atoms with Crippen molar-refractivity contribution in [3.8, 4) is 0 Å². The van der Waals surface area contributed by atoms with E-state index in [1.165, 1.54) is 4.90 Å². The lowest BCUT2D eigenvalue weighted by Crippen LogP contribution is -2.53. The van der Waals surface area contributed by atoms with Crippen molar-refractivity contribution in [2.75, 3.05) is 23.7 Å². The van der Waals surface area contributed by atoms with E-state index in [1.807, 2.05) is 50.2 Å². The second kappa shape index (κ2) is 14.1. The van der Waals surface area contributed by atoms with Gasteiger partial charge < -0.3 is 10.2 Å². The highest BCUT2D eigenvalue weighted by Crippen LogP contribution is 2.21. The third kappa shape index (κ3) is 9.11. The van der Waals surface area contributed by atoms with Crippen LogP contribution in [0.5, 0.6) is 0 Å². The molecule has 0 aromatic heterocycles. The SMILES string of the molecule is CCCCNC(=O)[C@H](Cc1ccccc1)N(Cc1cccc(Cl)c1)C(=O)CN(c1ccc(C)cc1)S(C)(=O)=O. The molecule has 0 bridgehead atoms. The summed E-state index contributed by atoms with van der Waals surface area (Å²) in [5.41, 5.74) is 2.96. The number of hydrogen-bond donors (Lipinski definition) is 1. The predicted molar refractivity (Wildman–Crippen MR) is 157 cm³/mol. The van der Waals surface area contributed by atoms with Crippen LogP contribution in [-0.2, 0) is 32.6 Å². The van der Waals surface area contributed by atoms with Gasteiger partial charge in [-0.2, -0.15) is 0 Å². The summed E-state index contributed by atoms with van der Waals surface area (Å²) in [5, 5.41) is 3.47. The van der Waals surface area contributed by atoms with E-state index in [1.54, 1.807) is 42.5 Å². The minimum Gasteiger partial charge on any atom is -0.354 e. The van der Waals surface area contributed by atoms with Crippen LogP contribution in [0.3, 0.4) is 0 Å². The van der Waals surface area contributed by atoms with Gasteiger partial charge in [-0.25, -0.2) is 8.42 Å². The highest BCUT2D eigenvalue weighted by molar-refractivity contribution is 7.92. The molecule has 0 saturated heterocycles. The van der Waals surface area contributed by atoms with Gasteiger partial charge in [0.05, 0.1) is 11.9 Å². The fraction of sp³-hybridized carbons (Fsp3) is 0.333. The molecule has 0 spiro atoms. The van der Waals surface area contributed by atoms with Crippen LogP contribution in [0.25, 0.3) is 0 Å². The van der Waals surface area contributed by atoms with E-state index in [0.717, 1.165) is 40.1 Å². The maximum atomic E-state index is 14.0.